The van der Waals surface area contributed by atoms with E-state index in [0.717, 1.165) is 70.0 Å². The molecule has 0 spiro atoms. The van der Waals surface area contributed by atoms with E-state index in [9.17, 15) is 4.79 Å². The van der Waals surface area contributed by atoms with Crippen molar-refractivity contribution in [2.24, 2.45) is 5.92 Å². The number of ether oxygens (including phenoxy) is 2. The van der Waals surface area contributed by atoms with Crippen LogP contribution >= 0.6 is 0 Å². The molecule has 1 amide bonds. The second-order valence-corrected chi connectivity index (χ2v) is 8.57. The van der Waals surface area contributed by atoms with Crippen LogP contribution in [0.5, 0.6) is 0 Å². The number of benzene rings is 1. The Hall–Kier alpha value is -1.95. The van der Waals surface area contributed by atoms with Crippen molar-refractivity contribution in [1.82, 2.24) is 4.90 Å². The second kappa shape index (κ2) is 8.38. The van der Waals surface area contributed by atoms with Gasteiger partial charge < -0.3 is 25.0 Å². The third-order valence-corrected chi connectivity index (χ3v) is 5.28. The summed E-state index contributed by atoms with van der Waals surface area (Å²) in [6.07, 6.45) is 2.81. The lowest BCUT2D eigenvalue weighted by Crippen LogP contribution is -2.36. The number of hydrogen-bond acceptors (Lipinski definition) is 5. The number of carbonyl (C=O) groups is 1. The molecular formula is C21H33N3O3. The van der Waals surface area contributed by atoms with Gasteiger partial charge in [0.15, 0.2) is 0 Å². The quantitative estimate of drug-likeness (QED) is 0.818. The Morgan fingerprint density at radius 2 is 2.00 bits per heavy atom. The van der Waals surface area contributed by atoms with E-state index in [1.807, 2.05) is 25.7 Å². The number of aryl methyl sites for hydroxylation is 1. The molecular weight excluding hydrogens is 342 g/mol. The molecule has 0 saturated carbocycles. The number of nitrogens with two attached hydrogens (primary N) is 1. The van der Waals surface area contributed by atoms with Gasteiger partial charge in [0.05, 0.1) is 24.6 Å². The normalized spacial score (nSPS) is 20.8. The Bertz CT molecular complexity index is 651. The summed E-state index contributed by atoms with van der Waals surface area (Å²) in [5.41, 5.74) is 9.25. The Labute approximate surface area is 162 Å². The molecule has 0 aromatic heterocycles. The van der Waals surface area contributed by atoms with Gasteiger partial charge in [0.25, 0.3) is 0 Å². The van der Waals surface area contributed by atoms with Gasteiger partial charge in [-0.25, -0.2) is 4.79 Å². The van der Waals surface area contributed by atoms with Crippen molar-refractivity contribution in [3.8, 4) is 0 Å². The SMILES string of the molecule is CC(C)(C)OC(=O)N1CC[C@@H](CCc2cccc(N3CCOCC3)c2N)C1. The molecule has 150 valence electrons. The fourth-order valence-electron chi connectivity index (χ4n) is 3.82. The fourth-order valence-corrected chi connectivity index (χ4v) is 3.82. The molecule has 2 aliphatic heterocycles. The van der Waals surface area contributed by atoms with Gasteiger partial charge >= 0.3 is 6.09 Å². The van der Waals surface area contributed by atoms with Crippen molar-refractivity contribution >= 4 is 17.5 Å². The maximum atomic E-state index is 12.2. The largest absolute Gasteiger partial charge is 0.444 e. The summed E-state index contributed by atoms with van der Waals surface area (Å²) < 4.78 is 10.9. The van der Waals surface area contributed by atoms with Gasteiger partial charge in [-0.05, 0) is 57.6 Å². The zero-order valence-electron chi connectivity index (χ0n) is 16.9. The molecule has 2 aliphatic rings. The second-order valence-electron chi connectivity index (χ2n) is 8.57. The zero-order chi connectivity index (χ0) is 19.4. The number of para-hydroxylation sites is 1. The molecule has 2 N–H and O–H groups in total. The topological polar surface area (TPSA) is 68.0 Å². The van der Waals surface area contributed by atoms with Gasteiger partial charge in [-0.2, -0.15) is 0 Å². The summed E-state index contributed by atoms with van der Waals surface area (Å²) in [6.45, 7) is 10.6. The molecule has 1 aromatic carbocycles. The van der Waals surface area contributed by atoms with Crippen LogP contribution in [0.2, 0.25) is 0 Å². The zero-order valence-corrected chi connectivity index (χ0v) is 16.9. The van der Waals surface area contributed by atoms with Crippen LogP contribution in [0.4, 0.5) is 16.2 Å². The molecule has 6 heteroatoms. The van der Waals surface area contributed by atoms with Crippen LogP contribution < -0.4 is 10.6 Å². The minimum absolute atomic E-state index is 0.196. The van der Waals surface area contributed by atoms with Crippen LogP contribution in [-0.2, 0) is 15.9 Å². The minimum atomic E-state index is -0.441. The van der Waals surface area contributed by atoms with Crippen LogP contribution in [0.25, 0.3) is 0 Å². The highest BCUT2D eigenvalue weighted by Crippen LogP contribution is 2.30. The van der Waals surface area contributed by atoms with E-state index in [1.165, 1.54) is 5.56 Å². The monoisotopic (exact) mass is 375 g/mol. The lowest BCUT2D eigenvalue weighted by atomic mass is 9.97. The lowest BCUT2D eigenvalue weighted by molar-refractivity contribution is 0.0287. The molecule has 1 atom stereocenters. The highest BCUT2D eigenvalue weighted by molar-refractivity contribution is 5.71. The van der Waals surface area contributed by atoms with Crippen molar-refractivity contribution in [2.45, 2.75) is 45.6 Å². The lowest BCUT2D eigenvalue weighted by Gasteiger charge is -2.30. The van der Waals surface area contributed by atoms with Crippen LogP contribution in [0.1, 0.15) is 39.2 Å². The van der Waals surface area contributed by atoms with Crippen LogP contribution in [0.3, 0.4) is 0 Å². The number of morpholine rings is 1. The first-order chi connectivity index (χ1) is 12.8. The van der Waals surface area contributed by atoms with Crippen LogP contribution in [0, 0.1) is 5.92 Å². The molecule has 0 aliphatic carbocycles. The summed E-state index contributed by atoms with van der Waals surface area (Å²) in [7, 11) is 0. The molecule has 2 fully saturated rings. The van der Waals surface area contributed by atoms with E-state index in [1.54, 1.807) is 0 Å². The van der Waals surface area contributed by atoms with Gasteiger partial charge in [-0.3, -0.25) is 0 Å². The highest BCUT2D eigenvalue weighted by atomic mass is 16.6. The molecule has 27 heavy (non-hydrogen) atoms. The van der Waals surface area contributed by atoms with E-state index in [4.69, 9.17) is 15.2 Å². The molecule has 0 radical (unpaired) electrons. The molecule has 0 unspecified atom stereocenters. The van der Waals surface area contributed by atoms with Gasteiger partial charge in [0, 0.05) is 26.2 Å². The maximum absolute atomic E-state index is 12.2. The van der Waals surface area contributed by atoms with Gasteiger partial charge in [-0.1, -0.05) is 12.1 Å². The summed E-state index contributed by atoms with van der Waals surface area (Å²) >= 11 is 0. The van der Waals surface area contributed by atoms with Crippen molar-refractivity contribution < 1.29 is 14.3 Å². The highest BCUT2D eigenvalue weighted by Gasteiger charge is 2.29. The van der Waals surface area contributed by atoms with Crippen molar-refractivity contribution in [3.05, 3.63) is 23.8 Å². The van der Waals surface area contributed by atoms with E-state index in [-0.39, 0.29) is 6.09 Å². The van der Waals surface area contributed by atoms with E-state index >= 15 is 0 Å². The summed E-state index contributed by atoms with van der Waals surface area (Å²) in [5, 5.41) is 0. The predicted molar refractivity (Wildman–Crippen MR) is 108 cm³/mol. The number of likely N-dealkylation sites (tertiary alicyclic amines) is 1. The van der Waals surface area contributed by atoms with Gasteiger partial charge in [0.1, 0.15) is 5.60 Å². The molecule has 1 aromatic rings. The fraction of sp³-hybridized carbons (Fsp3) is 0.667. The van der Waals surface area contributed by atoms with E-state index in [0.29, 0.717) is 5.92 Å². The average Bonchev–Trinajstić information content (AvgIpc) is 3.09. The van der Waals surface area contributed by atoms with E-state index < -0.39 is 5.60 Å². The first-order valence-electron chi connectivity index (χ1n) is 10.0. The Morgan fingerprint density at radius 1 is 1.26 bits per heavy atom. The number of anilines is 2. The van der Waals surface area contributed by atoms with Crippen molar-refractivity contribution in [2.75, 3.05) is 50.0 Å². The number of hydrogen-bond donors (Lipinski definition) is 1. The number of nitrogen functional groups attached to an aromatic ring is 1. The van der Waals surface area contributed by atoms with E-state index in [2.05, 4.69) is 23.1 Å². The van der Waals surface area contributed by atoms with Gasteiger partial charge in [0.2, 0.25) is 0 Å². The first kappa shape index (κ1) is 19.8. The predicted octanol–water partition coefficient (Wildman–Crippen LogP) is 3.30. The third-order valence-electron chi connectivity index (χ3n) is 5.28. The third kappa shape index (κ3) is 5.28. The number of rotatable bonds is 4. The molecule has 0 bridgehead atoms. The smallest absolute Gasteiger partial charge is 0.410 e. The first-order valence-corrected chi connectivity index (χ1v) is 10.0. The molecule has 3 rings (SSSR count). The minimum Gasteiger partial charge on any atom is -0.444 e. The molecule has 2 saturated heterocycles. The Balaban J connectivity index is 1.54. The average molecular weight is 376 g/mol. The number of nitrogens with zero attached hydrogens (tertiary/aromatic N) is 2. The standard InChI is InChI=1S/C21H33N3O3/c1-21(2,3)27-20(25)24-10-9-16(15-24)7-8-17-5-4-6-18(19(17)22)23-11-13-26-14-12-23/h4-6,16H,7-15,22H2,1-3H3/t16-/m1/s1. The van der Waals surface area contributed by atoms with Gasteiger partial charge in [-0.15, -0.1) is 0 Å². The van der Waals surface area contributed by atoms with Crippen LogP contribution in [0.15, 0.2) is 18.2 Å². The Kier molecular flexibility index (Phi) is 6.15. The maximum Gasteiger partial charge on any atom is 0.410 e. The summed E-state index contributed by atoms with van der Waals surface area (Å²) in [5.74, 6) is 0.504. The molecule has 2 heterocycles. The van der Waals surface area contributed by atoms with Crippen molar-refractivity contribution in [3.63, 3.8) is 0 Å². The number of amides is 1. The Morgan fingerprint density at radius 3 is 2.70 bits per heavy atom. The number of carbonyl (C=O) groups excluding carboxylic acids is 1. The van der Waals surface area contributed by atoms with Crippen molar-refractivity contribution in [1.29, 1.82) is 0 Å². The molecule has 6 nitrogen and oxygen atoms in total. The van der Waals surface area contributed by atoms with Crippen LogP contribution in [-0.4, -0.2) is 56.0 Å². The summed E-state index contributed by atoms with van der Waals surface area (Å²) in [4.78, 5) is 16.4. The summed E-state index contributed by atoms with van der Waals surface area (Å²) in [6, 6.07) is 6.32.